The number of benzene rings is 2. The molecule has 1 fully saturated rings. The van der Waals surface area contributed by atoms with E-state index in [0.29, 0.717) is 0 Å². The van der Waals surface area contributed by atoms with Crippen LogP contribution in [0.2, 0.25) is 0 Å². The third-order valence-electron chi connectivity index (χ3n) is 5.60. The average Bonchev–Trinajstić information content (AvgIpc) is 3.11. The maximum Gasteiger partial charge on any atom is 0.152 e. The fourth-order valence-corrected chi connectivity index (χ4v) is 4.16. The van der Waals surface area contributed by atoms with E-state index < -0.39 is 0 Å². The van der Waals surface area contributed by atoms with Gasteiger partial charge in [-0.15, -0.1) is 0 Å². The summed E-state index contributed by atoms with van der Waals surface area (Å²) in [5, 5.41) is 0. The minimum atomic E-state index is -0.244. The number of carbonyl (C=O) groups excluding carboxylic acids is 1. The van der Waals surface area contributed by atoms with E-state index >= 15 is 0 Å². The molecule has 0 spiro atoms. The van der Waals surface area contributed by atoms with Crippen LogP contribution < -0.4 is 0 Å². The first-order valence-corrected chi connectivity index (χ1v) is 10.2. The van der Waals surface area contributed by atoms with E-state index in [1.165, 1.54) is 13.0 Å². The number of allylic oxidation sites excluding steroid dienone is 1. The summed E-state index contributed by atoms with van der Waals surface area (Å²) in [5.74, 6) is 0.623. The summed E-state index contributed by atoms with van der Waals surface area (Å²) < 4.78 is 16.3. The smallest absolute Gasteiger partial charge is 0.152 e. The molecule has 150 valence electrons. The van der Waals surface area contributed by atoms with Crippen molar-refractivity contribution >= 4 is 22.9 Å². The molecule has 2 heterocycles. The summed E-state index contributed by atoms with van der Waals surface area (Å²) in [4.78, 5) is 18.6. The van der Waals surface area contributed by atoms with Crippen molar-refractivity contribution in [3.05, 3.63) is 59.9 Å². The summed E-state index contributed by atoms with van der Waals surface area (Å²) in [6.07, 6.45) is 5.55. The van der Waals surface area contributed by atoms with Crippen LogP contribution in [-0.4, -0.2) is 39.9 Å². The van der Waals surface area contributed by atoms with E-state index in [0.717, 1.165) is 60.5 Å². The monoisotopic (exact) mass is 391 g/mol. The number of ketones is 1. The summed E-state index contributed by atoms with van der Waals surface area (Å²) in [7, 11) is 0. The highest BCUT2D eigenvalue weighted by molar-refractivity contribution is 5.91. The molecule has 29 heavy (non-hydrogen) atoms. The molecule has 1 aliphatic heterocycles. The Balaban J connectivity index is 1.84. The van der Waals surface area contributed by atoms with Crippen LogP contribution in [0.5, 0.6) is 0 Å². The van der Waals surface area contributed by atoms with Crippen molar-refractivity contribution in [2.45, 2.75) is 32.7 Å². The number of hydrogen-bond donors (Lipinski definition) is 0. The summed E-state index contributed by atoms with van der Waals surface area (Å²) in [5.41, 5.74) is 3.56. The third-order valence-corrected chi connectivity index (χ3v) is 5.60. The Bertz CT molecular complexity index is 1070. The van der Waals surface area contributed by atoms with Gasteiger partial charge in [0.1, 0.15) is 11.6 Å². The molecule has 0 N–H and O–H groups in total. The SMILES string of the molecule is CCN1CCCC(n2c(-c3cccc(/C=C/C(C)=O)c3)nc3ccc(F)cc32)C1. The van der Waals surface area contributed by atoms with Gasteiger partial charge in [-0.1, -0.05) is 31.2 Å². The molecule has 2 aromatic carbocycles. The zero-order valence-electron chi connectivity index (χ0n) is 16.9. The number of hydrogen-bond acceptors (Lipinski definition) is 3. The highest BCUT2D eigenvalue weighted by Gasteiger charge is 2.25. The molecule has 1 aliphatic rings. The predicted octanol–water partition coefficient (Wildman–Crippen LogP) is 5.10. The number of aromatic nitrogens is 2. The molecule has 4 nitrogen and oxygen atoms in total. The normalized spacial score (nSPS) is 18.0. The van der Waals surface area contributed by atoms with Crippen molar-refractivity contribution in [2.24, 2.45) is 0 Å². The molecule has 0 bridgehead atoms. The van der Waals surface area contributed by atoms with Crippen molar-refractivity contribution in [1.82, 2.24) is 14.5 Å². The second-order valence-electron chi connectivity index (χ2n) is 7.70. The average molecular weight is 391 g/mol. The van der Waals surface area contributed by atoms with Gasteiger partial charge in [0.15, 0.2) is 5.78 Å². The Morgan fingerprint density at radius 3 is 2.93 bits per heavy atom. The standard InChI is InChI=1S/C24H26FN3O/c1-3-27-13-5-8-21(16-27)28-23-15-20(25)11-12-22(23)26-24(28)19-7-4-6-18(14-19)10-9-17(2)29/h4,6-7,9-12,14-15,21H,3,5,8,13,16H2,1-2H3/b10-9+. The number of likely N-dealkylation sites (N-methyl/N-ethyl adjacent to an activating group) is 1. The number of piperidine rings is 1. The van der Waals surface area contributed by atoms with Crippen molar-refractivity contribution < 1.29 is 9.18 Å². The van der Waals surface area contributed by atoms with Crippen LogP contribution in [-0.2, 0) is 4.79 Å². The maximum absolute atomic E-state index is 14.1. The Kier molecular flexibility index (Phi) is 5.58. The van der Waals surface area contributed by atoms with Gasteiger partial charge in [0.25, 0.3) is 0 Å². The topological polar surface area (TPSA) is 38.1 Å². The Morgan fingerprint density at radius 1 is 1.28 bits per heavy atom. The minimum absolute atomic E-state index is 0.0139. The van der Waals surface area contributed by atoms with Gasteiger partial charge in [0.2, 0.25) is 0 Å². The number of imidazole rings is 1. The molecule has 1 unspecified atom stereocenters. The van der Waals surface area contributed by atoms with Crippen molar-refractivity contribution in [2.75, 3.05) is 19.6 Å². The number of fused-ring (bicyclic) bond motifs is 1. The molecular weight excluding hydrogens is 365 g/mol. The second kappa shape index (κ2) is 8.29. The van der Waals surface area contributed by atoms with E-state index in [1.54, 1.807) is 18.2 Å². The van der Waals surface area contributed by atoms with Crippen LogP contribution in [0.3, 0.4) is 0 Å². The predicted molar refractivity (Wildman–Crippen MR) is 115 cm³/mol. The molecule has 1 atom stereocenters. The Hall–Kier alpha value is -2.79. The molecule has 0 amide bonds. The number of nitrogens with zero attached hydrogens (tertiary/aromatic N) is 3. The highest BCUT2D eigenvalue weighted by atomic mass is 19.1. The molecule has 0 aliphatic carbocycles. The number of rotatable bonds is 5. The zero-order valence-corrected chi connectivity index (χ0v) is 16.9. The molecular formula is C24H26FN3O. The van der Waals surface area contributed by atoms with Crippen LogP contribution in [0.1, 0.15) is 38.3 Å². The lowest BCUT2D eigenvalue weighted by Crippen LogP contribution is -2.36. The molecule has 0 saturated carbocycles. The van der Waals surface area contributed by atoms with Gasteiger partial charge >= 0.3 is 0 Å². The van der Waals surface area contributed by atoms with Gasteiger partial charge in [0, 0.05) is 18.2 Å². The highest BCUT2D eigenvalue weighted by Crippen LogP contribution is 2.33. The lowest BCUT2D eigenvalue weighted by Gasteiger charge is -2.33. The lowest BCUT2D eigenvalue weighted by molar-refractivity contribution is -0.112. The van der Waals surface area contributed by atoms with Crippen molar-refractivity contribution in [3.8, 4) is 11.4 Å². The van der Waals surface area contributed by atoms with Crippen molar-refractivity contribution in [1.29, 1.82) is 0 Å². The molecule has 5 heteroatoms. The number of carbonyl (C=O) groups is 1. The molecule has 1 saturated heterocycles. The molecule has 1 aromatic heterocycles. The lowest BCUT2D eigenvalue weighted by atomic mass is 10.0. The Morgan fingerprint density at radius 2 is 2.14 bits per heavy atom. The first-order chi connectivity index (χ1) is 14.0. The van der Waals surface area contributed by atoms with Gasteiger partial charge in [-0.3, -0.25) is 4.79 Å². The quantitative estimate of drug-likeness (QED) is 0.568. The van der Waals surface area contributed by atoms with Crippen LogP contribution in [0.15, 0.2) is 48.5 Å². The maximum atomic E-state index is 14.1. The van der Waals surface area contributed by atoms with Crippen LogP contribution in [0.4, 0.5) is 4.39 Å². The fourth-order valence-electron chi connectivity index (χ4n) is 4.16. The van der Waals surface area contributed by atoms with E-state index in [4.69, 9.17) is 4.98 Å². The first kappa shape index (κ1) is 19.5. The molecule has 3 aromatic rings. The van der Waals surface area contributed by atoms with Crippen LogP contribution in [0.25, 0.3) is 28.5 Å². The van der Waals surface area contributed by atoms with Gasteiger partial charge in [-0.2, -0.15) is 0 Å². The van der Waals surface area contributed by atoms with Crippen LogP contribution >= 0.6 is 0 Å². The largest absolute Gasteiger partial charge is 0.319 e. The van der Waals surface area contributed by atoms with E-state index in [2.05, 4.69) is 16.4 Å². The fraction of sp³-hybridized carbons (Fsp3) is 0.333. The van der Waals surface area contributed by atoms with E-state index in [9.17, 15) is 9.18 Å². The van der Waals surface area contributed by atoms with Gasteiger partial charge in [0.05, 0.1) is 11.0 Å². The summed E-state index contributed by atoms with van der Waals surface area (Å²) in [6, 6.07) is 13.1. The third kappa shape index (κ3) is 4.15. The van der Waals surface area contributed by atoms with Gasteiger partial charge < -0.3 is 9.47 Å². The van der Waals surface area contributed by atoms with Crippen LogP contribution in [0, 0.1) is 5.82 Å². The molecule has 4 rings (SSSR count). The first-order valence-electron chi connectivity index (χ1n) is 10.2. The summed E-state index contributed by atoms with van der Waals surface area (Å²) in [6.45, 7) is 6.78. The number of halogens is 1. The Labute approximate surface area is 170 Å². The minimum Gasteiger partial charge on any atom is -0.319 e. The van der Waals surface area contributed by atoms with E-state index in [1.807, 2.05) is 30.3 Å². The number of likely N-dealkylation sites (tertiary alicyclic amines) is 1. The zero-order chi connectivity index (χ0) is 20.4. The van der Waals surface area contributed by atoms with Crippen molar-refractivity contribution in [3.63, 3.8) is 0 Å². The second-order valence-corrected chi connectivity index (χ2v) is 7.70. The van der Waals surface area contributed by atoms with E-state index in [-0.39, 0.29) is 17.6 Å². The van der Waals surface area contributed by atoms with Gasteiger partial charge in [-0.05, 0) is 68.8 Å². The molecule has 0 radical (unpaired) electrons. The summed E-state index contributed by atoms with van der Waals surface area (Å²) >= 11 is 0. The van der Waals surface area contributed by atoms with Gasteiger partial charge in [-0.25, -0.2) is 9.37 Å².